The molecular weight excluding hydrogens is 1960 g/mol. The van der Waals surface area contributed by atoms with E-state index in [9.17, 15) is 98.3 Å². The average Bonchev–Trinajstić information content (AvgIpc) is 1.61. The Morgan fingerprint density at radius 3 is 1.02 bits per heavy atom. The highest BCUT2D eigenvalue weighted by molar-refractivity contribution is 6.26. The number of amides is 14. The third-order valence-electron chi connectivity index (χ3n) is 30.2. The first-order valence-electron chi connectivity index (χ1n) is 53.1. The molecule has 8 aliphatic heterocycles. The van der Waals surface area contributed by atoms with Gasteiger partial charge in [0, 0.05) is 103 Å². The van der Waals surface area contributed by atoms with Gasteiger partial charge >= 0.3 is 12.2 Å². The number of carbonyl (C=O) groups is 15. The van der Waals surface area contributed by atoms with Crippen LogP contribution in [-0.4, -0.2) is 250 Å². The number of piperidine rings is 5. The number of rotatable bonds is 31. The van der Waals surface area contributed by atoms with Crippen LogP contribution in [0.4, 0.5) is 47.3 Å². The number of anilines is 2. The van der Waals surface area contributed by atoms with Gasteiger partial charge in [-0.1, -0.05) is 55.7 Å². The Bertz CT molecular complexity index is 5910. The maximum absolute atomic E-state index is 13.7. The minimum absolute atomic E-state index is 0.0121. The minimum atomic E-state index is -2.82. The Kier molecular flexibility index (Phi) is 37.5. The number of benzene rings is 3. The number of imide groups is 6. The monoisotopic (exact) mass is 2090 g/mol. The standard InChI is InChI=1S/C37H48F2N6O7.C33H41F2N5O5.C22H26N2O5.C16H23F2N3O3/c1-37(2,3)52-36(50)40-27-21-44(42-31(27)32(38)39)24-11-9-22(10-12-24)20-43-17-15-25(16-18-43)51-19-5-7-23-6-4-8-26-30(23)35(49)45(34(26)48)28-13-14-29(46)41-33(28)47;1-20-18-39(37-29(20)30(34)35)23-9-7-21(8-10-23)19-38-15-13-24(14-16-38)45-17-3-5-22-4-2-6-25-28(22)33(44)40(32(25)43)26-11-12-27(41)36-31(26)42;25-18-12-11-17(20(26)23-18)24-21(27)16-10-4-6-14(19(16)22(24)28)7-5-13-29-15-8-2-1-3-9-15;1-16(2,3)24-15(23)19-12-8-21(20-13(12)14(17)18)11-6-4-10(9-22)5-7-11/h4,6,8,21-22,24-25,28,32H,5,7,9-20H2,1-3H3,(H,40,50)(H,41,46,47);2,4,6,18,21,23-24,26,30H,3,5,7-17,19H2,1H3,(H,36,41,42);4,6,10,15,17H,1-3,5,7-9,11-13H2,(H,23,25,26);8-11,14H,4-7H2,1-3H3,(H,19,23). The second kappa shape index (κ2) is 50.3. The van der Waals surface area contributed by atoms with Crippen LogP contribution in [-0.2, 0) is 76.5 Å². The molecule has 11 heterocycles. The van der Waals surface area contributed by atoms with Crippen molar-refractivity contribution in [3.05, 3.63) is 146 Å². The van der Waals surface area contributed by atoms with Gasteiger partial charge in [0.15, 0.2) is 11.4 Å². The number of nitrogens with one attached hydrogen (secondary N) is 5. The van der Waals surface area contributed by atoms with Crippen molar-refractivity contribution in [1.82, 2.24) is 69.8 Å². The van der Waals surface area contributed by atoms with Crippen LogP contribution >= 0.6 is 0 Å². The molecule has 4 aliphatic carbocycles. The summed E-state index contributed by atoms with van der Waals surface area (Å²) in [5, 5.41) is 23.7. The molecule has 0 bridgehead atoms. The van der Waals surface area contributed by atoms with Crippen molar-refractivity contribution in [2.45, 2.75) is 345 Å². The molecular formula is C108H138F6N16O20. The first kappa shape index (κ1) is 112. The van der Waals surface area contributed by atoms with E-state index in [4.69, 9.17) is 23.7 Å². The number of aryl methyl sites for hydroxylation is 4. The summed E-state index contributed by atoms with van der Waals surface area (Å²) in [5.74, 6) is -4.69. The summed E-state index contributed by atoms with van der Waals surface area (Å²) >= 11 is 0. The van der Waals surface area contributed by atoms with E-state index in [1.165, 1.54) is 36.3 Å². The fourth-order valence-corrected chi connectivity index (χ4v) is 22.5. The van der Waals surface area contributed by atoms with E-state index < -0.39 is 137 Å². The third-order valence-corrected chi connectivity index (χ3v) is 30.2. The van der Waals surface area contributed by atoms with Crippen molar-refractivity contribution in [3.8, 4) is 0 Å². The van der Waals surface area contributed by atoms with Crippen molar-refractivity contribution in [1.29, 1.82) is 0 Å². The summed E-state index contributed by atoms with van der Waals surface area (Å²) in [4.78, 5) is 193. The van der Waals surface area contributed by atoms with Gasteiger partial charge in [0.05, 0.1) is 81.2 Å². The number of alkyl halides is 6. The smallest absolute Gasteiger partial charge is 0.412 e. The van der Waals surface area contributed by atoms with E-state index in [2.05, 4.69) is 51.7 Å². The molecule has 3 aromatic carbocycles. The molecule has 18 rings (SSSR count). The summed E-state index contributed by atoms with van der Waals surface area (Å²) in [6, 6.07) is 12.9. The Hall–Kier alpha value is -12.3. The van der Waals surface area contributed by atoms with Crippen molar-refractivity contribution < 1.29 is 122 Å². The molecule has 9 fully saturated rings. The highest BCUT2D eigenvalue weighted by atomic mass is 19.3. The molecule has 5 saturated heterocycles. The van der Waals surface area contributed by atoms with Crippen LogP contribution in [0.2, 0.25) is 0 Å². The lowest BCUT2D eigenvalue weighted by Crippen LogP contribution is -2.54. The van der Waals surface area contributed by atoms with Crippen molar-refractivity contribution in [3.63, 3.8) is 0 Å². The van der Waals surface area contributed by atoms with Crippen molar-refractivity contribution in [2.24, 2.45) is 17.8 Å². The maximum Gasteiger partial charge on any atom is 0.412 e. The lowest BCUT2D eigenvalue weighted by Gasteiger charge is -2.36. The van der Waals surface area contributed by atoms with Gasteiger partial charge in [-0.05, 0) is 274 Å². The molecule has 150 heavy (non-hydrogen) atoms. The quantitative estimate of drug-likeness (QED) is 0.0117. The molecule has 0 radical (unpaired) electrons. The molecule has 0 spiro atoms. The average molecular weight is 2090 g/mol. The molecule has 812 valence electrons. The summed E-state index contributed by atoms with van der Waals surface area (Å²) in [6.45, 7) is 19.5. The fourth-order valence-electron chi connectivity index (χ4n) is 22.5. The van der Waals surface area contributed by atoms with Gasteiger partial charge < -0.3 is 38.3 Å². The van der Waals surface area contributed by atoms with E-state index in [0.29, 0.717) is 129 Å². The van der Waals surface area contributed by atoms with Gasteiger partial charge in [-0.3, -0.25) is 113 Å². The summed E-state index contributed by atoms with van der Waals surface area (Å²) in [7, 11) is 0. The number of ether oxygens (including phenoxy) is 5. The summed E-state index contributed by atoms with van der Waals surface area (Å²) in [5.41, 5.74) is 2.33. The van der Waals surface area contributed by atoms with Gasteiger partial charge in [-0.2, -0.15) is 15.3 Å². The van der Waals surface area contributed by atoms with E-state index in [-0.39, 0.29) is 103 Å². The molecule has 12 aliphatic rings. The number of likely N-dealkylation sites (tertiary alicyclic amines) is 2. The van der Waals surface area contributed by atoms with Crippen LogP contribution < -0.4 is 26.6 Å². The molecule has 6 aromatic rings. The minimum Gasteiger partial charge on any atom is -0.444 e. The Morgan fingerprint density at radius 1 is 0.400 bits per heavy atom. The zero-order chi connectivity index (χ0) is 107. The highest BCUT2D eigenvalue weighted by Gasteiger charge is 2.50. The second-order valence-corrected chi connectivity index (χ2v) is 43.2. The topological polar surface area (TPSA) is 432 Å². The normalized spacial score (nSPS) is 23.4. The van der Waals surface area contributed by atoms with Crippen LogP contribution in [0.3, 0.4) is 0 Å². The zero-order valence-electron chi connectivity index (χ0n) is 86.2. The summed E-state index contributed by atoms with van der Waals surface area (Å²) < 4.78 is 114. The van der Waals surface area contributed by atoms with Crippen LogP contribution in [0.5, 0.6) is 0 Å². The number of aromatic nitrogens is 6. The number of halogens is 6. The first-order chi connectivity index (χ1) is 71.7. The fraction of sp³-hybridized carbons (Fsp3) is 0.611. The SMILES string of the molecule is CC(C)(C)OC(=O)Nc1cn(C2CCC(C=O)CC2)nc1C(F)F.CC(C)(C)OC(=O)Nc1cn(C2CCC(CN3CCC(OCCCc4cccc5c4C(=O)N(C4CCC(=O)NC4=O)C5=O)CC3)CC2)nc1C(F)F.Cc1cn(C2CCC(CN3CCC(OCCCc4cccc5c4C(=O)N(C4CCC(=O)NC4=O)C5=O)CC3)CC2)nc1C(F)F.O=C1CCC(N2C(=O)c3cccc(CCCOC4CCCCC4)c3C2=O)C(=O)N1. The predicted molar refractivity (Wildman–Crippen MR) is 533 cm³/mol. The molecule has 4 saturated carbocycles. The van der Waals surface area contributed by atoms with Gasteiger partial charge in [0.1, 0.15) is 41.3 Å². The molecule has 3 aromatic heterocycles. The lowest BCUT2D eigenvalue weighted by molar-refractivity contribution is -0.137. The molecule has 36 nitrogen and oxygen atoms in total. The summed E-state index contributed by atoms with van der Waals surface area (Å²) in [6.07, 6.45) is 21.4. The molecule has 3 atom stereocenters. The van der Waals surface area contributed by atoms with Crippen LogP contribution in [0, 0.1) is 24.7 Å². The first-order valence-corrected chi connectivity index (χ1v) is 53.1. The number of hydrogen-bond acceptors (Lipinski definition) is 25. The number of fused-ring (bicyclic) bond motifs is 3. The molecule has 42 heteroatoms. The Balaban J connectivity index is 0.000000156. The van der Waals surface area contributed by atoms with Crippen LogP contribution in [0.15, 0.2) is 73.2 Å². The zero-order valence-corrected chi connectivity index (χ0v) is 86.2. The second-order valence-electron chi connectivity index (χ2n) is 43.2. The molecule has 3 unspecified atom stereocenters. The van der Waals surface area contributed by atoms with Gasteiger partial charge in [-0.15, -0.1) is 0 Å². The molecule has 14 amide bonds. The predicted octanol–water partition coefficient (Wildman–Crippen LogP) is 16.3. The van der Waals surface area contributed by atoms with Crippen molar-refractivity contribution in [2.75, 3.05) is 69.7 Å². The molecule has 5 N–H and O–H groups in total. The number of nitrogens with zero attached hydrogens (tertiary/aromatic N) is 11. The largest absolute Gasteiger partial charge is 0.444 e. The van der Waals surface area contributed by atoms with Gasteiger partial charge in [0.25, 0.3) is 54.7 Å². The van der Waals surface area contributed by atoms with Crippen molar-refractivity contribution >= 4 is 101 Å². The number of aldehydes is 1. The van der Waals surface area contributed by atoms with E-state index in [1.807, 2.05) is 18.2 Å². The van der Waals surface area contributed by atoms with E-state index in [0.717, 1.165) is 173 Å². The highest BCUT2D eigenvalue weighted by Crippen LogP contribution is 2.42. The van der Waals surface area contributed by atoms with Crippen LogP contribution in [0.1, 0.15) is 373 Å². The Labute approximate surface area is 867 Å². The van der Waals surface area contributed by atoms with Gasteiger partial charge in [0.2, 0.25) is 35.4 Å². The lowest BCUT2D eigenvalue weighted by atomic mass is 9.85. The van der Waals surface area contributed by atoms with Crippen LogP contribution in [0.25, 0.3) is 0 Å². The number of hydrogen-bond donors (Lipinski definition) is 5. The Morgan fingerprint density at radius 2 is 0.713 bits per heavy atom. The number of carbonyl (C=O) groups excluding carboxylic acids is 15. The maximum atomic E-state index is 13.7. The van der Waals surface area contributed by atoms with E-state index in [1.54, 1.807) is 100 Å². The third kappa shape index (κ3) is 28.2. The van der Waals surface area contributed by atoms with E-state index >= 15 is 0 Å². The van der Waals surface area contributed by atoms with Gasteiger partial charge in [-0.25, -0.2) is 35.9 Å².